The van der Waals surface area contributed by atoms with Crippen molar-refractivity contribution in [1.29, 1.82) is 0 Å². The van der Waals surface area contributed by atoms with Crippen molar-refractivity contribution >= 4 is 103 Å². The highest BCUT2D eigenvalue weighted by Crippen LogP contribution is 2.61. The van der Waals surface area contributed by atoms with E-state index in [1.165, 1.54) is 44.4 Å². The van der Waals surface area contributed by atoms with Crippen molar-refractivity contribution in [3.05, 3.63) is 75.3 Å². The van der Waals surface area contributed by atoms with E-state index in [2.05, 4.69) is 73.8 Å². The molecule has 0 spiro atoms. The normalized spacial score (nSPS) is 10.8. The van der Waals surface area contributed by atoms with Crippen LogP contribution >= 0.6 is 67.5 Å². The molecule has 0 unspecified atom stereocenters. The number of nitrogens with one attached hydrogen (secondary N) is 3. The van der Waals surface area contributed by atoms with E-state index in [1.807, 2.05) is 13.8 Å². The fraction of sp³-hybridized carbons (Fsp3) is 0.538. The zero-order valence-electron chi connectivity index (χ0n) is 39.1. The highest BCUT2D eigenvalue weighted by atomic mass is 79.9. The van der Waals surface area contributed by atoms with Gasteiger partial charge in [0.05, 0.1) is 94.9 Å². The molecule has 2 aromatic heterocycles. The van der Waals surface area contributed by atoms with Crippen molar-refractivity contribution in [1.82, 2.24) is 30.6 Å². The van der Waals surface area contributed by atoms with E-state index in [9.17, 15) is 38.1 Å². The first-order chi connectivity index (χ1) is 31.7. The Bertz CT molecular complexity index is 1830. The summed E-state index contributed by atoms with van der Waals surface area (Å²) in [6.45, 7) is 18.3. The number of carbonyl (C=O) groups is 6. The summed E-state index contributed by atoms with van der Waals surface area (Å²) in [5.41, 5.74) is 0.892. The van der Waals surface area contributed by atoms with Gasteiger partial charge in [0.2, 0.25) is 5.28 Å². The molecule has 1 aliphatic rings. The molecule has 4 N–H and O–H groups in total. The predicted molar refractivity (Wildman–Crippen MR) is 259 cm³/mol. The molecule has 68 heavy (non-hydrogen) atoms. The average Bonchev–Trinajstić information content (AvgIpc) is 3.27. The second-order valence-electron chi connectivity index (χ2n) is 10.9. The van der Waals surface area contributed by atoms with Gasteiger partial charge in [-0.3, -0.25) is 9.36 Å². The lowest BCUT2D eigenvalue weighted by atomic mass is 10.2. The number of methoxy groups -OCH3 is 1. The van der Waals surface area contributed by atoms with Gasteiger partial charge in [0.15, 0.2) is 0 Å². The van der Waals surface area contributed by atoms with Gasteiger partial charge in [-0.15, -0.1) is 17.0 Å². The molecule has 3 heterocycles. The second-order valence-corrected chi connectivity index (χ2v) is 17.9. The lowest BCUT2D eigenvalue weighted by Gasteiger charge is -2.13. The van der Waals surface area contributed by atoms with Crippen LogP contribution in [0.4, 0.5) is 4.79 Å². The van der Waals surface area contributed by atoms with Crippen LogP contribution in [0.25, 0.3) is 0 Å². The van der Waals surface area contributed by atoms with Gasteiger partial charge in [-0.25, -0.2) is 43.7 Å². The van der Waals surface area contributed by atoms with Crippen LogP contribution in [0.5, 0.6) is 0 Å². The van der Waals surface area contributed by atoms with Crippen molar-refractivity contribution in [3.8, 4) is 0 Å². The molecule has 1 aliphatic heterocycles. The molecule has 0 fully saturated rings. The van der Waals surface area contributed by atoms with Crippen LogP contribution in [0.3, 0.4) is 0 Å². The highest BCUT2D eigenvalue weighted by Gasteiger charge is 2.16. The first-order valence-corrected chi connectivity index (χ1v) is 24.8. The molecule has 2 amide bonds. The maximum atomic E-state index is 11.2. The number of halogens is 5. The molecule has 0 aromatic carbocycles. The Kier molecular flexibility index (Phi) is 52.4. The minimum absolute atomic E-state index is 0. The van der Waals surface area contributed by atoms with Crippen molar-refractivity contribution in [2.75, 3.05) is 79.7 Å². The van der Waals surface area contributed by atoms with Crippen molar-refractivity contribution in [2.45, 2.75) is 61.8 Å². The van der Waals surface area contributed by atoms with Gasteiger partial charge < -0.3 is 58.6 Å². The molecular weight excluding hydrogens is 1080 g/mol. The lowest BCUT2D eigenvalue weighted by molar-refractivity contribution is -0.144. The SMILES string of the molecule is Br.CCO.CCOC(=O)C1=CNC(=O)NC1.CCOC(=O)c1cnc(=O)[nH]c1.CCOC(=O)c1cnc(Cl)nc1.CCOC/C(=C/OC)C(=O)OCC.CCOCCC(=O)OCC.O=P(Cl)(Cl)Cl. The van der Waals surface area contributed by atoms with Crippen LogP contribution in [-0.2, 0) is 56.8 Å². The summed E-state index contributed by atoms with van der Waals surface area (Å²) in [6, 6.07) is -0.303. The molecular formula is C39H62BrCl4N6O17P. The molecule has 0 saturated heterocycles. The zero-order chi connectivity index (χ0) is 52.1. The van der Waals surface area contributed by atoms with E-state index in [0.717, 1.165) is 0 Å². The number of nitrogens with zero attached hydrogens (tertiary/aromatic N) is 3. The number of aromatic nitrogens is 4. The maximum absolute atomic E-state index is 11.2. The molecule has 29 heteroatoms. The summed E-state index contributed by atoms with van der Waals surface area (Å²) in [6.07, 6.45) is 8.16. The number of carbonyl (C=O) groups excluding carboxylic acids is 6. The third-order valence-electron chi connectivity index (χ3n) is 5.89. The van der Waals surface area contributed by atoms with Crippen LogP contribution in [0, 0.1) is 0 Å². The number of hydrogen-bond acceptors (Lipinski definition) is 20. The molecule has 3 rings (SSSR count). The van der Waals surface area contributed by atoms with Gasteiger partial charge in [0.1, 0.15) is 0 Å². The fourth-order valence-electron chi connectivity index (χ4n) is 3.34. The largest absolute Gasteiger partial charge is 0.504 e. The first-order valence-electron chi connectivity index (χ1n) is 20.0. The number of rotatable bonds is 17. The Morgan fingerprint density at radius 1 is 0.735 bits per heavy atom. The number of aliphatic hydroxyl groups is 1. The van der Waals surface area contributed by atoms with E-state index < -0.39 is 34.8 Å². The molecule has 0 aliphatic carbocycles. The first kappa shape index (κ1) is 72.6. The third-order valence-corrected chi connectivity index (χ3v) is 6.08. The Labute approximate surface area is 425 Å². The van der Waals surface area contributed by atoms with Crippen LogP contribution < -0.4 is 16.3 Å². The number of hydrogen-bond donors (Lipinski definition) is 4. The molecule has 0 radical (unpaired) electrons. The zero-order valence-corrected chi connectivity index (χ0v) is 44.8. The molecule has 0 saturated carbocycles. The quantitative estimate of drug-likeness (QED) is 0.0250. The number of aromatic amines is 1. The molecule has 23 nitrogen and oxygen atoms in total. The van der Waals surface area contributed by atoms with E-state index in [4.69, 9.17) is 45.1 Å². The lowest BCUT2D eigenvalue weighted by Crippen LogP contribution is -2.40. The molecule has 2 aromatic rings. The number of urea groups is 1. The monoisotopic (exact) mass is 1140 g/mol. The van der Waals surface area contributed by atoms with Gasteiger partial charge in [-0.05, 0) is 101 Å². The van der Waals surface area contributed by atoms with Gasteiger partial charge in [-0.1, -0.05) is 0 Å². The summed E-state index contributed by atoms with van der Waals surface area (Å²) in [5, 5.41) is 9.27. The van der Waals surface area contributed by atoms with Crippen molar-refractivity contribution < 1.29 is 76.3 Å². The van der Waals surface area contributed by atoms with Crippen LogP contribution in [0.2, 0.25) is 5.28 Å². The fourth-order valence-corrected chi connectivity index (χ4v) is 3.44. The highest BCUT2D eigenvalue weighted by molar-refractivity contribution is 8.93. The minimum atomic E-state index is -3.22. The Morgan fingerprint density at radius 3 is 1.62 bits per heavy atom. The molecule has 390 valence electrons. The van der Waals surface area contributed by atoms with E-state index in [0.29, 0.717) is 76.0 Å². The molecule has 0 atom stereocenters. The summed E-state index contributed by atoms with van der Waals surface area (Å²) >= 11 is 19.3. The van der Waals surface area contributed by atoms with E-state index in [-0.39, 0.29) is 59.6 Å². The summed E-state index contributed by atoms with van der Waals surface area (Å²) in [7, 11) is 1.48. The molecule has 0 bridgehead atoms. The summed E-state index contributed by atoms with van der Waals surface area (Å²) < 4.78 is 47.8. The van der Waals surface area contributed by atoms with Crippen molar-refractivity contribution in [2.24, 2.45) is 0 Å². The number of H-pyrrole nitrogens is 1. The Morgan fingerprint density at radius 2 is 1.21 bits per heavy atom. The minimum Gasteiger partial charge on any atom is -0.504 e. The van der Waals surface area contributed by atoms with Gasteiger partial charge in [0.25, 0.3) is 0 Å². The summed E-state index contributed by atoms with van der Waals surface area (Å²) in [4.78, 5) is 88.8. The van der Waals surface area contributed by atoms with Gasteiger partial charge in [-0.2, -0.15) is 0 Å². The van der Waals surface area contributed by atoms with Crippen molar-refractivity contribution in [3.63, 3.8) is 0 Å². The third kappa shape index (κ3) is 48.1. The van der Waals surface area contributed by atoms with Crippen LogP contribution in [0.1, 0.15) is 82.5 Å². The van der Waals surface area contributed by atoms with Crippen LogP contribution in [0.15, 0.2) is 53.2 Å². The Balaban J connectivity index is -0.000000233. The second kappa shape index (κ2) is 49.0. The maximum Gasteiger partial charge on any atom is 0.344 e. The smallest absolute Gasteiger partial charge is 0.344 e. The Hall–Kier alpha value is -4.39. The van der Waals surface area contributed by atoms with E-state index >= 15 is 0 Å². The number of amides is 2. The average molecular weight is 1140 g/mol. The van der Waals surface area contributed by atoms with Crippen LogP contribution in [-0.4, -0.2) is 141 Å². The summed E-state index contributed by atoms with van der Waals surface area (Å²) in [5.74, 6) is -1.89. The topological polar surface area (TPSA) is 309 Å². The van der Waals surface area contributed by atoms with E-state index in [1.54, 1.807) is 41.5 Å². The number of esters is 5. The predicted octanol–water partition coefficient (Wildman–Crippen LogP) is 6.48. The number of ether oxygens (including phenoxy) is 8. The number of aliphatic hydroxyl groups excluding tert-OH is 1. The van der Waals surface area contributed by atoms with Gasteiger partial charge >= 0.3 is 46.8 Å². The van der Waals surface area contributed by atoms with Gasteiger partial charge in [0, 0.05) is 50.8 Å². The standard InChI is InChI=1S/C9H16O4.C7H7ClN2O2.C7H10N2O3.C7H8N2O3.C7H14O3.C2H6O.BrH.Cl3OP/c1-4-12-7-8(6-11-3)9(10)13-5-2;1-2-12-6(11)5-3-9-7(8)10-4-5;2*1-2-12-6(10)5-3-8-7(11)9-4-5;1-3-9-6-5-7(8)10-4-2;1-2-3;;1-5(2,3)4/h6H,4-5,7H2,1-3H3;3-4H,2H2,1H3;3H,2,4H2,1H3,(H2,8,9,11);3-4H,2H2,1H3,(H,8,9,11);3-6H2,1-2H3;3H,2H2,1H3;1H;/b8-6-;;;;;;;.